The van der Waals surface area contributed by atoms with Crippen LogP contribution in [-0.2, 0) is 9.78 Å². The molecular formula is C6H17NO2. The molecule has 0 aromatic rings. The Labute approximate surface area is 56.9 Å². The van der Waals surface area contributed by atoms with E-state index in [0.717, 1.165) is 12.8 Å². The van der Waals surface area contributed by atoms with Gasteiger partial charge in [-0.2, -0.15) is 0 Å². The molecule has 9 heavy (non-hydrogen) atoms. The second kappa shape index (κ2) is 10.8. The molecule has 0 aromatic carbocycles. The van der Waals surface area contributed by atoms with Gasteiger partial charge in [0.05, 0.1) is 13.2 Å². The fourth-order valence-electron chi connectivity index (χ4n) is 0.285. The second-order valence-electron chi connectivity index (χ2n) is 1.64. The van der Waals surface area contributed by atoms with E-state index in [0.29, 0.717) is 13.2 Å². The number of rotatable bonds is 5. The third-order valence-electron chi connectivity index (χ3n) is 0.658. The standard InChI is InChI=1S/C6H14O2.H3N/c1-3-5-7-8-6-4-2;/h3-6H2,1-2H3;1H3. The van der Waals surface area contributed by atoms with Crippen LogP contribution in [0.4, 0.5) is 0 Å². The molecule has 3 N–H and O–H groups in total. The van der Waals surface area contributed by atoms with Gasteiger partial charge in [-0.05, 0) is 12.8 Å². The minimum atomic E-state index is 0. The maximum atomic E-state index is 4.72. The minimum Gasteiger partial charge on any atom is -0.344 e. The summed E-state index contributed by atoms with van der Waals surface area (Å²) in [5.74, 6) is 0. The Morgan fingerprint density at radius 1 is 0.889 bits per heavy atom. The first-order valence-corrected chi connectivity index (χ1v) is 3.16. The van der Waals surface area contributed by atoms with E-state index < -0.39 is 0 Å². The van der Waals surface area contributed by atoms with Crippen molar-refractivity contribution >= 4 is 0 Å². The van der Waals surface area contributed by atoms with E-state index in [1.54, 1.807) is 0 Å². The van der Waals surface area contributed by atoms with Crippen LogP contribution in [0.5, 0.6) is 0 Å². The summed E-state index contributed by atoms with van der Waals surface area (Å²) in [5.41, 5.74) is 0. The van der Waals surface area contributed by atoms with Gasteiger partial charge < -0.3 is 6.15 Å². The van der Waals surface area contributed by atoms with Gasteiger partial charge in [0.1, 0.15) is 0 Å². The van der Waals surface area contributed by atoms with Gasteiger partial charge in [-0.25, -0.2) is 9.78 Å². The van der Waals surface area contributed by atoms with Gasteiger partial charge in [0, 0.05) is 0 Å². The van der Waals surface area contributed by atoms with Crippen molar-refractivity contribution in [3.05, 3.63) is 0 Å². The van der Waals surface area contributed by atoms with Gasteiger partial charge in [0.15, 0.2) is 0 Å². The van der Waals surface area contributed by atoms with Crippen molar-refractivity contribution in [3.8, 4) is 0 Å². The van der Waals surface area contributed by atoms with Crippen LogP contribution in [0.2, 0.25) is 0 Å². The highest BCUT2D eigenvalue weighted by atomic mass is 17.2. The predicted molar refractivity (Wildman–Crippen MR) is 37.5 cm³/mol. The molecule has 3 heteroatoms. The predicted octanol–water partition coefficient (Wildman–Crippen LogP) is 1.92. The lowest BCUT2D eigenvalue weighted by molar-refractivity contribution is -0.294. The molecule has 0 aliphatic carbocycles. The monoisotopic (exact) mass is 135 g/mol. The summed E-state index contributed by atoms with van der Waals surface area (Å²) in [6, 6.07) is 0. The van der Waals surface area contributed by atoms with Gasteiger partial charge in [-0.15, -0.1) is 0 Å². The SMILES string of the molecule is CCCOOCCC.N. The molecule has 0 unspecified atom stereocenters. The van der Waals surface area contributed by atoms with Gasteiger partial charge in [-0.3, -0.25) is 0 Å². The summed E-state index contributed by atoms with van der Waals surface area (Å²) in [5, 5.41) is 0. The topological polar surface area (TPSA) is 53.5 Å². The van der Waals surface area contributed by atoms with E-state index in [2.05, 4.69) is 13.8 Å². The molecule has 0 radical (unpaired) electrons. The van der Waals surface area contributed by atoms with Crippen molar-refractivity contribution in [2.24, 2.45) is 0 Å². The first-order valence-electron chi connectivity index (χ1n) is 3.16. The Kier molecular flexibility index (Phi) is 14.0. The van der Waals surface area contributed by atoms with Crippen LogP contribution in [-0.4, -0.2) is 13.2 Å². The Balaban J connectivity index is 0. The van der Waals surface area contributed by atoms with Gasteiger partial charge >= 0.3 is 0 Å². The van der Waals surface area contributed by atoms with Crippen LogP contribution < -0.4 is 6.15 Å². The Morgan fingerprint density at radius 2 is 1.22 bits per heavy atom. The lowest BCUT2D eigenvalue weighted by Crippen LogP contribution is -1.95. The smallest absolute Gasteiger partial charge is 0.0819 e. The molecule has 0 bridgehead atoms. The van der Waals surface area contributed by atoms with Crippen LogP contribution in [0, 0.1) is 0 Å². The van der Waals surface area contributed by atoms with Crippen molar-refractivity contribution in [2.45, 2.75) is 26.7 Å². The molecule has 3 nitrogen and oxygen atoms in total. The van der Waals surface area contributed by atoms with Crippen LogP contribution in [0.15, 0.2) is 0 Å². The van der Waals surface area contributed by atoms with Gasteiger partial charge in [-0.1, -0.05) is 13.8 Å². The minimum absolute atomic E-state index is 0. The molecule has 0 aromatic heterocycles. The normalized spacial score (nSPS) is 8.67. The first kappa shape index (κ1) is 11.6. The summed E-state index contributed by atoms with van der Waals surface area (Å²) >= 11 is 0. The third-order valence-corrected chi connectivity index (χ3v) is 0.658. The number of hydrogen-bond donors (Lipinski definition) is 1. The molecule has 0 saturated carbocycles. The average Bonchev–Trinajstić information content (AvgIpc) is 1.81. The van der Waals surface area contributed by atoms with Crippen molar-refractivity contribution < 1.29 is 9.78 Å². The quantitative estimate of drug-likeness (QED) is 0.356. The summed E-state index contributed by atoms with van der Waals surface area (Å²) in [6.45, 7) is 5.52. The lowest BCUT2D eigenvalue weighted by Gasteiger charge is -1.97. The van der Waals surface area contributed by atoms with E-state index >= 15 is 0 Å². The zero-order chi connectivity index (χ0) is 6.24. The molecule has 0 fully saturated rings. The third kappa shape index (κ3) is 11.4. The van der Waals surface area contributed by atoms with Crippen LogP contribution in [0.25, 0.3) is 0 Å². The summed E-state index contributed by atoms with van der Waals surface area (Å²) < 4.78 is 0. The summed E-state index contributed by atoms with van der Waals surface area (Å²) in [6.07, 6.45) is 2.04. The van der Waals surface area contributed by atoms with Gasteiger partial charge in [0.2, 0.25) is 0 Å². The number of hydrogen-bond acceptors (Lipinski definition) is 3. The highest BCUT2D eigenvalue weighted by Gasteiger charge is 1.81. The zero-order valence-electron chi connectivity index (χ0n) is 6.35. The van der Waals surface area contributed by atoms with Crippen molar-refractivity contribution in [3.63, 3.8) is 0 Å². The van der Waals surface area contributed by atoms with E-state index in [4.69, 9.17) is 9.78 Å². The lowest BCUT2D eigenvalue weighted by atomic mass is 10.5. The molecule has 0 heterocycles. The van der Waals surface area contributed by atoms with Crippen LogP contribution >= 0.6 is 0 Å². The fraction of sp³-hybridized carbons (Fsp3) is 1.00. The van der Waals surface area contributed by atoms with E-state index in [1.165, 1.54) is 0 Å². The first-order chi connectivity index (χ1) is 3.91. The van der Waals surface area contributed by atoms with Crippen LogP contribution in [0.3, 0.4) is 0 Å². The summed E-state index contributed by atoms with van der Waals surface area (Å²) in [7, 11) is 0. The molecule has 0 aliphatic heterocycles. The fourth-order valence-corrected chi connectivity index (χ4v) is 0.285. The Bertz CT molecular complexity index is 36.0. The van der Waals surface area contributed by atoms with Gasteiger partial charge in [0.25, 0.3) is 0 Å². The Morgan fingerprint density at radius 3 is 1.44 bits per heavy atom. The largest absolute Gasteiger partial charge is 0.344 e. The second-order valence-corrected chi connectivity index (χ2v) is 1.64. The molecular weight excluding hydrogens is 118 g/mol. The van der Waals surface area contributed by atoms with E-state index in [-0.39, 0.29) is 6.15 Å². The van der Waals surface area contributed by atoms with Crippen molar-refractivity contribution in [1.82, 2.24) is 6.15 Å². The molecule has 0 rings (SSSR count). The highest BCUT2D eigenvalue weighted by Crippen LogP contribution is 1.83. The molecule has 0 saturated heterocycles. The maximum absolute atomic E-state index is 4.72. The molecule has 0 aliphatic rings. The van der Waals surface area contributed by atoms with Crippen molar-refractivity contribution in [2.75, 3.05) is 13.2 Å². The van der Waals surface area contributed by atoms with E-state index in [1.807, 2.05) is 0 Å². The molecule has 58 valence electrons. The molecule has 0 atom stereocenters. The van der Waals surface area contributed by atoms with Crippen LogP contribution in [0.1, 0.15) is 26.7 Å². The highest BCUT2D eigenvalue weighted by molar-refractivity contribution is 4.17. The molecule has 0 amide bonds. The summed E-state index contributed by atoms with van der Waals surface area (Å²) in [4.78, 5) is 9.45. The van der Waals surface area contributed by atoms with E-state index in [9.17, 15) is 0 Å². The maximum Gasteiger partial charge on any atom is 0.0819 e. The van der Waals surface area contributed by atoms with Crippen molar-refractivity contribution in [1.29, 1.82) is 0 Å². The molecule has 0 spiro atoms. The Hall–Kier alpha value is -0.120. The zero-order valence-corrected chi connectivity index (χ0v) is 6.35. The average molecular weight is 135 g/mol.